The molecule has 1 heterocycles. The average Bonchev–Trinajstić information content (AvgIpc) is 2.70. The summed E-state index contributed by atoms with van der Waals surface area (Å²) in [4.78, 5) is 23.9. The van der Waals surface area contributed by atoms with Crippen molar-refractivity contribution in [2.24, 2.45) is 5.92 Å². The molecule has 1 saturated heterocycles. The zero-order valence-corrected chi connectivity index (χ0v) is 11.4. The second-order valence-corrected chi connectivity index (χ2v) is 5.15. The molecule has 0 bridgehead atoms. The average molecular weight is 326 g/mol. The first-order valence-electron chi connectivity index (χ1n) is 5.56. The van der Waals surface area contributed by atoms with Gasteiger partial charge in [-0.1, -0.05) is 11.6 Å². The van der Waals surface area contributed by atoms with Crippen LogP contribution >= 0.6 is 23.2 Å². The quantitative estimate of drug-likeness (QED) is 0.781. The summed E-state index contributed by atoms with van der Waals surface area (Å²) in [6.45, 7) is -0.0673. The fraction of sp³-hybridized carbons (Fsp3) is 0.333. The number of alkyl halides is 3. The Morgan fingerprint density at radius 1 is 1.35 bits per heavy atom. The maximum absolute atomic E-state index is 12.7. The van der Waals surface area contributed by atoms with Gasteiger partial charge in [0, 0.05) is 13.0 Å². The van der Waals surface area contributed by atoms with E-state index < -0.39 is 28.8 Å². The van der Waals surface area contributed by atoms with Gasteiger partial charge in [0.2, 0.25) is 11.1 Å². The van der Waals surface area contributed by atoms with Crippen LogP contribution in [0.1, 0.15) is 12.0 Å². The summed E-state index contributed by atoms with van der Waals surface area (Å²) < 4.78 is 38.0. The van der Waals surface area contributed by atoms with Crippen LogP contribution in [0.3, 0.4) is 0 Å². The van der Waals surface area contributed by atoms with Crippen molar-refractivity contribution in [2.45, 2.75) is 12.6 Å². The van der Waals surface area contributed by atoms with Crippen LogP contribution in [0.4, 0.5) is 18.9 Å². The summed E-state index contributed by atoms with van der Waals surface area (Å²) in [6.07, 6.45) is -4.67. The molecule has 108 valence electrons. The fourth-order valence-corrected chi connectivity index (χ4v) is 2.35. The number of rotatable bonds is 2. The topological polar surface area (TPSA) is 37.4 Å². The van der Waals surface area contributed by atoms with Gasteiger partial charge in [-0.3, -0.25) is 9.59 Å². The van der Waals surface area contributed by atoms with E-state index in [9.17, 15) is 22.8 Å². The van der Waals surface area contributed by atoms with Crippen LogP contribution in [-0.2, 0) is 15.8 Å². The zero-order chi connectivity index (χ0) is 15.1. The lowest BCUT2D eigenvalue weighted by atomic mass is 10.1. The van der Waals surface area contributed by atoms with Crippen LogP contribution in [0.5, 0.6) is 0 Å². The highest BCUT2D eigenvalue weighted by atomic mass is 35.5. The number of carbonyl (C=O) groups is 2. The Hall–Kier alpha value is -1.27. The first-order chi connectivity index (χ1) is 9.20. The zero-order valence-electron chi connectivity index (χ0n) is 9.88. The van der Waals surface area contributed by atoms with E-state index in [0.29, 0.717) is 0 Å². The lowest BCUT2D eigenvalue weighted by Crippen LogP contribution is -2.26. The number of hydrogen-bond donors (Lipinski definition) is 0. The van der Waals surface area contributed by atoms with Gasteiger partial charge in [0.05, 0.1) is 22.2 Å². The Labute approximate surface area is 122 Å². The van der Waals surface area contributed by atoms with Crippen molar-refractivity contribution in [3.8, 4) is 0 Å². The van der Waals surface area contributed by atoms with Gasteiger partial charge in [-0.25, -0.2) is 0 Å². The highest BCUT2D eigenvalue weighted by molar-refractivity contribution is 6.64. The largest absolute Gasteiger partial charge is 0.416 e. The Morgan fingerprint density at radius 3 is 2.50 bits per heavy atom. The van der Waals surface area contributed by atoms with Gasteiger partial charge in [-0.15, -0.1) is 0 Å². The molecule has 20 heavy (non-hydrogen) atoms. The standard InChI is InChI=1S/C12H8Cl2F3NO2/c13-8-2-1-7(12(15,16)17)4-9(8)18-5-6(11(14)20)3-10(18)19/h1-2,4,6H,3,5H2. The predicted molar refractivity (Wildman–Crippen MR) is 67.8 cm³/mol. The van der Waals surface area contributed by atoms with E-state index in [1.165, 1.54) is 0 Å². The van der Waals surface area contributed by atoms with Crippen molar-refractivity contribution in [3.05, 3.63) is 28.8 Å². The summed E-state index contributed by atoms with van der Waals surface area (Å²) in [5.74, 6) is -1.21. The molecule has 3 nitrogen and oxygen atoms in total. The fourth-order valence-electron chi connectivity index (χ4n) is 1.99. The van der Waals surface area contributed by atoms with E-state index >= 15 is 0 Å². The van der Waals surface area contributed by atoms with Crippen molar-refractivity contribution in [1.82, 2.24) is 0 Å². The SMILES string of the molecule is O=C(Cl)C1CC(=O)N(c2cc(C(F)(F)F)ccc2Cl)C1. The van der Waals surface area contributed by atoms with E-state index in [1.54, 1.807) is 0 Å². The summed E-state index contributed by atoms with van der Waals surface area (Å²) >= 11 is 11.2. The molecular formula is C12H8Cl2F3NO2. The van der Waals surface area contributed by atoms with Crippen molar-refractivity contribution in [3.63, 3.8) is 0 Å². The van der Waals surface area contributed by atoms with E-state index in [1.807, 2.05) is 0 Å². The molecule has 1 aliphatic heterocycles. The molecule has 0 aromatic heterocycles. The first-order valence-corrected chi connectivity index (χ1v) is 6.32. The third-order valence-electron chi connectivity index (χ3n) is 3.01. The number of carbonyl (C=O) groups excluding carboxylic acids is 2. The van der Waals surface area contributed by atoms with Crippen LogP contribution in [0.15, 0.2) is 18.2 Å². The minimum Gasteiger partial charge on any atom is -0.310 e. The first kappa shape index (κ1) is 15.1. The molecule has 1 aliphatic rings. The molecule has 1 aromatic rings. The van der Waals surface area contributed by atoms with E-state index in [-0.39, 0.29) is 23.7 Å². The summed E-state index contributed by atoms with van der Waals surface area (Å²) in [5, 5.41) is -0.682. The Kier molecular flexibility index (Phi) is 3.97. The molecule has 1 aromatic carbocycles. The van der Waals surface area contributed by atoms with E-state index in [2.05, 4.69) is 0 Å². The van der Waals surface area contributed by atoms with Gasteiger partial charge < -0.3 is 4.90 Å². The van der Waals surface area contributed by atoms with Crippen LogP contribution in [0.25, 0.3) is 0 Å². The highest BCUT2D eigenvalue weighted by Crippen LogP contribution is 2.37. The van der Waals surface area contributed by atoms with Crippen molar-refractivity contribution in [1.29, 1.82) is 0 Å². The Bertz CT molecular complexity index is 574. The molecule has 0 aliphatic carbocycles. The summed E-state index contributed by atoms with van der Waals surface area (Å²) in [6, 6.07) is 2.70. The van der Waals surface area contributed by atoms with Gasteiger partial charge >= 0.3 is 6.18 Å². The third-order valence-corrected chi connectivity index (χ3v) is 3.64. The Morgan fingerprint density at radius 2 is 2.00 bits per heavy atom. The van der Waals surface area contributed by atoms with Crippen molar-refractivity contribution >= 4 is 40.0 Å². The minimum absolute atomic E-state index is 0.00835. The number of anilines is 1. The molecule has 1 fully saturated rings. The van der Waals surface area contributed by atoms with Crippen LogP contribution in [0, 0.1) is 5.92 Å². The molecule has 1 unspecified atom stereocenters. The molecule has 0 radical (unpaired) electrons. The predicted octanol–water partition coefficient (Wildman–Crippen LogP) is 3.48. The smallest absolute Gasteiger partial charge is 0.310 e. The molecular weight excluding hydrogens is 318 g/mol. The Balaban J connectivity index is 2.38. The molecule has 2 rings (SSSR count). The van der Waals surface area contributed by atoms with Crippen molar-refractivity contribution < 1.29 is 22.8 Å². The van der Waals surface area contributed by atoms with Crippen molar-refractivity contribution in [2.75, 3.05) is 11.4 Å². The second kappa shape index (κ2) is 5.26. The third kappa shape index (κ3) is 2.91. The summed E-state index contributed by atoms with van der Waals surface area (Å²) in [5.41, 5.74) is -0.975. The van der Waals surface area contributed by atoms with Gasteiger partial charge in [0.25, 0.3) is 0 Å². The van der Waals surface area contributed by atoms with Gasteiger partial charge in [0.15, 0.2) is 0 Å². The highest BCUT2D eigenvalue weighted by Gasteiger charge is 2.37. The van der Waals surface area contributed by atoms with Gasteiger partial charge in [-0.05, 0) is 29.8 Å². The molecule has 1 amide bonds. The minimum atomic E-state index is -4.54. The number of amides is 1. The summed E-state index contributed by atoms with van der Waals surface area (Å²) in [7, 11) is 0. The van der Waals surface area contributed by atoms with E-state index in [0.717, 1.165) is 23.1 Å². The van der Waals surface area contributed by atoms with Crippen LogP contribution in [-0.4, -0.2) is 17.7 Å². The van der Waals surface area contributed by atoms with Gasteiger partial charge in [0.1, 0.15) is 0 Å². The normalized spacial score (nSPS) is 19.6. The maximum Gasteiger partial charge on any atom is 0.416 e. The molecule has 0 N–H and O–H groups in total. The molecule has 1 atom stereocenters. The number of hydrogen-bond acceptors (Lipinski definition) is 2. The maximum atomic E-state index is 12.7. The van der Waals surface area contributed by atoms with E-state index in [4.69, 9.17) is 23.2 Å². The number of nitrogens with zero attached hydrogens (tertiary/aromatic N) is 1. The van der Waals surface area contributed by atoms with Crippen LogP contribution < -0.4 is 4.90 Å². The van der Waals surface area contributed by atoms with Gasteiger partial charge in [-0.2, -0.15) is 13.2 Å². The molecule has 0 spiro atoms. The lowest BCUT2D eigenvalue weighted by Gasteiger charge is -2.19. The second-order valence-electron chi connectivity index (χ2n) is 4.37. The van der Waals surface area contributed by atoms with Crippen LogP contribution in [0.2, 0.25) is 5.02 Å². The molecule has 0 saturated carbocycles. The molecule has 8 heteroatoms. The monoisotopic (exact) mass is 325 g/mol. The lowest BCUT2D eigenvalue weighted by molar-refractivity contribution is -0.137. The number of benzene rings is 1. The number of halogens is 5.